The number of hydrogen-bond acceptors (Lipinski definition) is 2. The third kappa shape index (κ3) is 3.44. The molecule has 1 aliphatic rings. The second-order valence-corrected chi connectivity index (χ2v) is 20.0. The predicted molar refractivity (Wildman–Crippen MR) is 87.6 cm³/mol. The molecule has 2 aromatic rings. The van der Waals surface area contributed by atoms with E-state index in [9.17, 15) is 0 Å². The van der Waals surface area contributed by atoms with Crippen molar-refractivity contribution in [3.8, 4) is 11.5 Å². The standard InChI is InChI=1S/C14H18O2Si3/c1-2-4-12(5-3-1)16-13-6-8-14(9-7-13)19-11-10-15-17-18-19/h1-9,19H,10-11,17-18H2. The lowest BCUT2D eigenvalue weighted by Crippen LogP contribution is -2.44. The summed E-state index contributed by atoms with van der Waals surface area (Å²) in [7, 11) is -0.470. The molecule has 0 N–H and O–H groups in total. The lowest BCUT2D eigenvalue weighted by Gasteiger charge is -2.20. The maximum atomic E-state index is 5.83. The fourth-order valence-electron chi connectivity index (χ4n) is 2.46. The Morgan fingerprint density at radius 2 is 1.68 bits per heavy atom. The molecule has 19 heavy (non-hydrogen) atoms. The van der Waals surface area contributed by atoms with Crippen molar-refractivity contribution < 1.29 is 9.16 Å². The number of para-hydroxylation sites is 1. The highest BCUT2D eigenvalue weighted by Gasteiger charge is 2.18. The topological polar surface area (TPSA) is 18.5 Å². The zero-order valence-electron chi connectivity index (χ0n) is 10.9. The first kappa shape index (κ1) is 12.9. The SMILES string of the molecule is c1ccc(Oc2ccc([SiH]3CCO[SiH2][SiH2]3)cc2)cc1. The average molecular weight is 303 g/mol. The van der Waals surface area contributed by atoms with Crippen molar-refractivity contribution in [2.24, 2.45) is 0 Å². The molecule has 0 aliphatic carbocycles. The summed E-state index contributed by atoms with van der Waals surface area (Å²) in [6, 6.07) is 20.2. The summed E-state index contributed by atoms with van der Waals surface area (Å²) in [4.78, 5) is 0. The summed E-state index contributed by atoms with van der Waals surface area (Å²) >= 11 is 0. The first-order valence-electron chi connectivity index (χ1n) is 6.82. The Morgan fingerprint density at radius 1 is 0.947 bits per heavy atom. The van der Waals surface area contributed by atoms with Crippen molar-refractivity contribution in [2.75, 3.05) is 6.61 Å². The molecule has 5 heteroatoms. The van der Waals surface area contributed by atoms with E-state index in [1.807, 2.05) is 30.3 Å². The number of hydrogen-bond donors (Lipinski definition) is 0. The van der Waals surface area contributed by atoms with Gasteiger partial charge < -0.3 is 9.16 Å². The molecule has 1 atom stereocenters. The van der Waals surface area contributed by atoms with Crippen molar-refractivity contribution in [3.05, 3.63) is 54.6 Å². The van der Waals surface area contributed by atoms with Gasteiger partial charge in [0.05, 0.1) is 8.31 Å². The van der Waals surface area contributed by atoms with Crippen LogP contribution in [0.1, 0.15) is 0 Å². The predicted octanol–water partition coefficient (Wildman–Crippen LogP) is 0.607. The summed E-state index contributed by atoms with van der Waals surface area (Å²) in [5, 5.41) is 1.63. The van der Waals surface area contributed by atoms with Gasteiger partial charge in [0.1, 0.15) is 20.8 Å². The van der Waals surface area contributed by atoms with Gasteiger partial charge in [0.15, 0.2) is 0 Å². The highest BCUT2D eigenvalue weighted by atomic mass is 29.5. The fraction of sp³-hybridized carbons (Fsp3) is 0.143. The van der Waals surface area contributed by atoms with Crippen LogP contribution in [0.15, 0.2) is 54.6 Å². The van der Waals surface area contributed by atoms with E-state index in [-0.39, 0.29) is 17.8 Å². The van der Waals surface area contributed by atoms with Gasteiger partial charge in [-0.15, -0.1) is 0 Å². The molecule has 0 spiro atoms. The van der Waals surface area contributed by atoms with Gasteiger partial charge in [-0.05, 0) is 30.3 Å². The van der Waals surface area contributed by atoms with Gasteiger partial charge >= 0.3 is 0 Å². The van der Waals surface area contributed by atoms with Gasteiger partial charge in [-0.2, -0.15) is 0 Å². The highest BCUT2D eigenvalue weighted by molar-refractivity contribution is 7.38. The van der Waals surface area contributed by atoms with Crippen LogP contribution >= 0.6 is 0 Å². The van der Waals surface area contributed by atoms with Crippen LogP contribution in [0.3, 0.4) is 0 Å². The van der Waals surface area contributed by atoms with Crippen LogP contribution in [-0.4, -0.2) is 32.8 Å². The monoisotopic (exact) mass is 302 g/mol. The van der Waals surface area contributed by atoms with Crippen LogP contribution < -0.4 is 9.92 Å². The molecule has 3 rings (SSSR count). The Morgan fingerprint density at radius 3 is 2.37 bits per heavy atom. The summed E-state index contributed by atoms with van der Waals surface area (Å²) in [6.45, 7) is 1.04. The third-order valence-corrected chi connectivity index (χ3v) is 22.0. The molecule has 1 saturated heterocycles. The summed E-state index contributed by atoms with van der Waals surface area (Å²) in [6.07, 6.45) is 0. The van der Waals surface area contributed by atoms with E-state index in [0.717, 1.165) is 18.1 Å². The smallest absolute Gasteiger partial charge is 0.141 e. The van der Waals surface area contributed by atoms with E-state index < -0.39 is 8.31 Å². The molecule has 0 bridgehead atoms. The number of benzene rings is 2. The lowest BCUT2D eigenvalue weighted by atomic mass is 10.3. The summed E-state index contributed by atoms with van der Waals surface area (Å²) < 4.78 is 11.5. The van der Waals surface area contributed by atoms with Gasteiger partial charge in [0.25, 0.3) is 0 Å². The van der Waals surface area contributed by atoms with Gasteiger partial charge in [-0.3, -0.25) is 0 Å². The van der Waals surface area contributed by atoms with Gasteiger partial charge in [-0.1, -0.05) is 35.5 Å². The Labute approximate surface area is 119 Å². The van der Waals surface area contributed by atoms with Crippen molar-refractivity contribution in [1.82, 2.24) is 0 Å². The maximum Gasteiger partial charge on any atom is 0.141 e. The molecule has 2 nitrogen and oxygen atoms in total. The molecule has 98 valence electrons. The minimum atomic E-state index is -0.570. The van der Waals surface area contributed by atoms with Crippen molar-refractivity contribution in [1.29, 1.82) is 0 Å². The molecule has 0 amide bonds. The molecule has 0 aromatic heterocycles. The van der Waals surface area contributed by atoms with Crippen LogP contribution in [0.25, 0.3) is 0 Å². The van der Waals surface area contributed by atoms with Gasteiger partial charge in [-0.25, -0.2) is 0 Å². The Balaban J connectivity index is 1.68. The first-order chi connectivity index (χ1) is 9.42. The minimum Gasteiger partial charge on any atom is -0.457 e. The molecule has 1 heterocycles. The second kappa shape index (κ2) is 6.34. The molecule has 1 fully saturated rings. The van der Waals surface area contributed by atoms with Gasteiger partial charge in [0, 0.05) is 15.2 Å². The zero-order chi connectivity index (χ0) is 12.9. The molecular weight excluding hydrogens is 284 g/mol. The van der Waals surface area contributed by atoms with Crippen LogP contribution in [0.5, 0.6) is 11.5 Å². The van der Waals surface area contributed by atoms with E-state index in [1.54, 1.807) is 5.19 Å². The largest absolute Gasteiger partial charge is 0.457 e. The molecule has 0 radical (unpaired) electrons. The van der Waals surface area contributed by atoms with E-state index in [2.05, 4.69) is 24.3 Å². The minimum absolute atomic E-state index is 0.0701. The first-order valence-corrected chi connectivity index (χ1v) is 16.1. The second-order valence-electron chi connectivity index (χ2n) is 4.87. The Kier molecular flexibility index (Phi) is 4.29. The molecular formula is C14H18O2Si3. The van der Waals surface area contributed by atoms with E-state index in [1.165, 1.54) is 6.04 Å². The van der Waals surface area contributed by atoms with Crippen LogP contribution in [0.4, 0.5) is 0 Å². The molecule has 1 unspecified atom stereocenters. The van der Waals surface area contributed by atoms with Crippen molar-refractivity contribution in [2.45, 2.75) is 6.04 Å². The van der Waals surface area contributed by atoms with Crippen LogP contribution in [0, 0.1) is 0 Å². The normalized spacial score (nSPS) is 21.6. The van der Waals surface area contributed by atoms with Gasteiger partial charge in [0.2, 0.25) is 0 Å². The maximum absolute atomic E-state index is 5.83. The highest BCUT2D eigenvalue weighted by Crippen LogP contribution is 2.19. The third-order valence-electron chi connectivity index (χ3n) is 3.55. The van der Waals surface area contributed by atoms with Crippen molar-refractivity contribution in [3.63, 3.8) is 0 Å². The van der Waals surface area contributed by atoms with Crippen LogP contribution in [0.2, 0.25) is 6.04 Å². The quantitative estimate of drug-likeness (QED) is 0.774. The molecule has 0 saturated carbocycles. The summed E-state index contributed by atoms with van der Waals surface area (Å²) in [5.74, 6) is 1.84. The lowest BCUT2D eigenvalue weighted by molar-refractivity contribution is 0.367. The Bertz CT molecular complexity index is 510. The van der Waals surface area contributed by atoms with Crippen LogP contribution in [-0.2, 0) is 4.43 Å². The number of rotatable bonds is 3. The number of ether oxygens (including phenoxy) is 1. The average Bonchev–Trinajstić information content (AvgIpc) is 2.50. The van der Waals surface area contributed by atoms with E-state index in [4.69, 9.17) is 9.16 Å². The van der Waals surface area contributed by atoms with E-state index in [0.29, 0.717) is 0 Å². The molecule has 1 aliphatic heterocycles. The van der Waals surface area contributed by atoms with E-state index >= 15 is 0 Å². The Hall–Kier alpha value is -1.15. The zero-order valence-corrected chi connectivity index (χ0v) is 14.9. The van der Waals surface area contributed by atoms with Crippen molar-refractivity contribution >= 4 is 31.3 Å². The molecule has 2 aromatic carbocycles. The fourth-order valence-corrected chi connectivity index (χ4v) is 20.6. The summed E-state index contributed by atoms with van der Waals surface area (Å²) in [5.41, 5.74) is 0.